The maximum absolute atomic E-state index is 12.8. The summed E-state index contributed by atoms with van der Waals surface area (Å²) in [5.74, 6) is -0.913. The number of nitrogens with zero attached hydrogens (tertiary/aromatic N) is 1. The summed E-state index contributed by atoms with van der Waals surface area (Å²) in [7, 11) is 0. The van der Waals surface area contributed by atoms with Gasteiger partial charge in [-0.25, -0.2) is 0 Å². The van der Waals surface area contributed by atoms with Gasteiger partial charge in [0.2, 0.25) is 5.91 Å². The number of hydrogen-bond donors (Lipinski definition) is 1. The number of carboxylic acids is 1. The first-order valence-corrected chi connectivity index (χ1v) is 8.66. The molecule has 2 rings (SSSR count). The average Bonchev–Trinajstić information content (AvgIpc) is 2.53. The van der Waals surface area contributed by atoms with Crippen molar-refractivity contribution in [3.05, 3.63) is 34.3 Å². The predicted molar refractivity (Wildman–Crippen MR) is 90.2 cm³/mol. The fourth-order valence-electron chi connectivity index (χ4n) is 2.83. The topological polar surface area (TPSA) is 66.8 Å². The first kappa shape index (κ1) is 17.9. The van der Waals surface area contributed by atoms with Crippen molar-refractivity contribution >= 4 is 27.8 Å². The van der Waals surface area contributed by atoms with Gasteiger partial charge in [-0.2, -0.15) is 0 Å². The number of carbonyl (C=O) groups is 2. The Morgan fingerprint density at radius 1 is 1.43 bits per heavy atom. The lowest BCUT2D eigenvalue weighted by atomic mass is 9.95. The molecule has 1 fully saturated rings. The third-order valence-electron chi connectivity index (χ3n) is 4.12. The van der Waals surface area contributed by atoms with Crippen LogP contribution < -0.4 is 0 Å². The van der Waals surface area contributed by atoms with Crippen LogP contribution in [0.25, 0.3) is 0 Å². The van der Waals surface area contributed by atoms with Gasteiger partial charge in [-0.05, 0) is 24.5 Å². The standard InChI is InChI=1S/C17H22BrNO4/c1-2-12(9-13-5-3-4-6-15(13)18)17(22)19-7-8-23-14(11-19)10-16(20)21/h3-6,12,14H,2,7-11H2,1H3,(H,20,21)/t12-,14+/m0/s1. The zero-order valence-corrected chi connectivity index (χ0v) is 14.8. The lowest BCUT2D eigenvalue weighted by Crippen LogP contribution is -2.48. The molecule has 1 heterocycles. The summed E-state index contributed by atoms with van der Waals surface area (Å²) in [6.07, 6.45) is 0.954. The normalized spacial score (nSPS) is 19.4. The highest BCUT2D eigenvalue weighted by Crippen LogP contribution is 2.23. The molecule has 0 aliphatic carbocycles. The Kier molecular flexibility index (Phi) is 6.59. The molecule has 5 nitrogen and oxygen atoms in total. The van der Waals surface area contributed by atoms with E-state index in [2.05, 4.69) is 15.9 Å². The number of carboxylic acid groups (broad SMARTS) is 1. The monoisotopic (exact) mass is 383 g/mol. The van der Waals surface area contributed by atoms with Gasteiger partial charge in [-0.1, -0.05) is 41.1 Å². The van der Waals surface area contributed by atoms with E-state index in [4.69, 9.17) is 9.84 Å². The largest absolute Gasteiger partial charge is 0.481 e. The second-order valence-corrected chi connectivity index (χ2v) is 6.63. The van der Waals surface area contributed by atoms with Crippen LogP contribution >= 0.6 is 15.9 Å². The van der Waals surface area contributed by atoms with Gasteiger partial charge in [0.05, 0.1) is 19.1 Å². The summed E-state index contributed by atoms with van der Waals surface area (Å²) >= 11 is 3.53. The van der Waals surface area contributed by atoms with Crippen molar-refractivity contribution in [2.45, 2.75) is 32.3 Å². The van der Waals surface area contributed by atoms with E-state index in [1.165, 1.54) is 0 Å². The summed E-state index contributed by atoms with van der Waals surface area (Å²) in [6, 6.07) is 7.92. The smallest absolute Gasteiger partial charge is 0.306 e. The molecule has 23 heavy (non-hydrogen) atoms. The van der Waals surface area contributed by atoms with Crippen molar-refractivity contribution in [2.24, 2.45) is 5.92 Å². The highest BCUT2D eigenvalue weighted by atomic mass is 79.9. The second-order valence-electron chi connectivity index (χ2n) is 5.78. The number of rotatable bonds is 6. The van der Waals surface area contributed by atoms with Gasteiger partial charge in [0.1, 0.15) is 0 Å². The van der Waals surface area contributed by atoms with Crippen LogP contribution in [0, 0.1) is 5.92 Å². The van der Waals surface area contributed by atoms with Crippen LogP contribution in [0.1, 0.15) is 25.3 Å². The van der Waals surface area contributed by atoms with E-state index in [9.17, 15) is 9.59 Å². The van der Waals surface area contributed by atoms with E-state index in [0.717, 1.165) is 16.5 Å². The first-order chi connectivity index (χ1) is 11.0. The molecule has 1 amide bonds. The number of ether oxygens (including phenoxy) is 1. The molecule has 0 saturated carbocycles. The summed E-state index contributed by atoms with van der Waals surface area (Å²) < 4.78 is 6.45. The number of benzene rings is 1. The maximum atomic E-state index is 12.8. The molecule has 126 valence electrons. The molecule has 2 atom stereocenters. The number of halogens is 1. The predicted octanol–water partition coefficient (Wildman–Crippen LogP) is 2.72. The SMILES string of the molecule is CC[C@@H](Cc1ccccc1Br)C(=O)N1CCO[C@H](CC(=O)O)C1. The number of amides is 1. The minimum absolute atomic E-state index is 0.0647. The fraction of sp³-hybridized carbons (Fsp3) is 0.529. The summed E-state index contributed by atoms with van der Waals surface area (Å²) in [4.78, 5) is 25.4. The molecule has 1 aliphatic heterocycles. The van der Waals surface area contributed by atoms with Crippen LogP contribution in [-0.4, -0.2) is 47.7 Å². The van der Waals surface area contributed by atoms with Gasteiger partial charge in [-0.15, -0.1) is 0 Å². The van der Waals surface area contributed by atoms with Crippen LogP contribution in [-0.2, 0) is 20.7 Å². The lowest BCUT2D eigenvalue weighted by Gasteiger charge is -2.34. The minimum atomic E-state index is -0.899. The van der Waals surface area contributed by atoms with Crippen LogP contribution in [0.15, 0.2) is 28.7 Å². The molecule has 0 aromatic heterocycles. The second kappa shape index (κ2) is 8.45. The number of aliphatic carboxylic acids is 1. The zero-order valence-electron chi connectivity index (χ0n) is 13.2. The molecule has 0 radical (unpaired) electrons. The average molecular weight is 384 g/mol. The Balaban J connectivity index is 2.01. The van der Waals surface area contributed by atoms with Gasteiger partial charge < -0.3 is 14.7 Å². The lowest BCUT2D eigenvalue weighted by molar-refractivity contribution is -0.149. The van der Waals surface area contributed by atoms with E-state index in [1.807, 2.05) is 31.2 Å². The zero-order chi connectivity index (χ0) is 16.8. The molecule has 0 bridgehead atoms. The van der Waals surface area contributed by atoms with Crippen molar-refractivity contribution in [3.8, 4) is 0 Å². The Morgan fingerprint density at radius 3 is 2.83 bits per heavy atom. The summed E-state index contributed by atoms with van der Waals surface area (Å²) in [5.41, 5.74) is 1.11. The maximum Gasteiger partial charge on any atom is 0.306 e. The Hall–Kier alpha value is -1.40. The Bertz CT molecular complexity index is 563. The van der Waals surface area contributed by atoms with Crippen molar-refractivity contribution in [3.63, 3.8) is 0 Å². The van der Waals surface area contributed by atoms with Crippen LogP contribution in [0.4, 0.5) is 0 Å². The van der Waals surface area contributed by atoms with Crippen LogP contribution in [0.5, 0.6) is 0 Å². The van der Waals surface area contributed by atoms with E-state index in [0.29, 0.717) is 26.1 Å². The van der Waals surface area contributed by atoms with Crippen molar-refractivity contribution in [1.82, 2.24) is 4.90 Å². The first-order valence-electron chi connectivity index (χ1n) is 7.86. The van der Waals surface area contributed by atoms with Crippen molar-refractivity contribution < 1.29 is 19.4 Å². The molecule has 1 N–H and O–H groups in total. The number of carbonyl (C=O) groups excluding carboxylic acids is 1. The molecular weight excluding hydrogens is 362 g/mol. The third kappa shape index (κ3) is 5.04. The van der Waals surface area contributed by atoms with Gasteiger partial charge in [0.15, 0.2) is 0 Å². The van der Waals surface area contributed by atoms with Crippen LogP contribution in [0.2, 0.25) is 0 Å². The highest BCUT2D eigenvalue weighted by Gasteiger charge is 2.29. The number of hydrogen-bond acceptors (Lipinski definition) is 3. The van der Waals surface area contributed by atoms with Gasteiger partial charge in [-0.3, -0.25) is 9.59 Å². The molecule has 1 aromatic carbocycles. The summed E-state index contributed by atoms with van der Waals surface area (Å²) in [5, 5.41) is 8.88. The van der Waals surface area contributed by atoms with Gasteiger partial charge in [0.25, 0.3) is 0 Å². The number of morpholine rings is 1. The van der Waals surface area contributed by atoms with E-state index < -0.39 is 12.1 Å². The Morgan fingerprint density at radius 2 is 2.17 bits per heavy atom. The molecular formula is C17H22BrNO4. The molecule has 0 spiro atoms. The molecule has 1 aromatic rings. The fourth-order valence-corrected chi connectivity index (χ4v) is 3.28. The van der Waals surface area contributed by atoms with E-state index >= 15 is 0 Å². The van der Waals surface area contributed by atoms with Gasteiger partial charge in [0, 0.05) is 23.5 Å². The molecule has 6 heteroatoms. The molecule has 0 unspecified atom stereocenters. The minimum Gasteiger partial charge on any atom is -0.481 e. The molecule has 1 aliphatic rings. The van der Waals surface area contributed by atoms with Gasteiger partial charge >= 0.3 is 5.97 Å². The quantitative estimate of drug-likeness (QED) is 0.819. The van der Waals surface area contributed by atoms with E-state index in [-0.39, 0.29) is 18.2 Å². The van der Waals surface area contributed by atoms with Crippen molar-refractivity contribution in [1.29, 1.82) is 0 Å². The summed E-state index contributed by atoms with van der Waals surface area (Å²) in [6.45, 7) is 3.29. The highest BCUT2D eigenvalue weighted by molar-refractivity contribution is 9.10. The van der Waals surface area contributed by atoms with E-state index in [1.54, 1.807) is 4.90 Å². The Labute approximate surface area is 144 Å². The third-order valence-corrected chi connectivity index (χ3v) is 4.89. The van der Waals surface area contributed by atoms with Crippen LogP contribution in [0.3, 0.4) is 0 Å². The molecule has 1 saturated heterocycles. The van der Waals surface area contributed by atoms with Crippen molar-refractivity contribution in [2.75, 3.05) is 19.7 Å².